The molecular formula is C6H8N3O2. The van der Waals surface area contributed by atoms with Crippen LogP contribution in [-0.4, -0.2) is 31.0 Å². The van der Waals surface area contributed by atoms with E-state index in [1.807, 2.05) is 0 Å². The van der Waals surface area contributed by atoms with Crippen LogP contribution >= 0.6 is 0 Å². The number of carbonyl (C=O) groups excluding carboxylic acids is 1. The quantitative estimate of drug-likeness (QED) is 0.497. The highest BCUT2D eigenvalue weighted by Gasteiger charge is 2.09. The smallest absolute Gasteiger partial charge is 0.415 e. The van der Waals surface area contributed by atoms with Crippen molar-refractivity contribution in [2.45, 2.75) is 0 Å². The Morgan fingerprint density at radius 1 is 1.73 bits per heavy atom. The van der Waals surface area contributed by atoms with Crippen molar-refractivity contribution < 1.29 is 9.53 Å². The summed E-state index contributed by atoms with van der Waals surface area (Å²) in [7, 11) is 1.34. The van der Waals surface area contributed by atoms with E-state index in [0.29, 0.717) is 6.67 Å². The minimum atomic E-state index is -0.381. The van der Waals surface area contributed by atoms with Gasteiger partial charge in [-0.25, -0.2) is 4.79 Å². The Morgan fingerprint density at radius 2 is 2.45 bits per heavy atom. The lowest BCUT2D eigenvalue weighted by molar-refractivity contribution is 0.140. The second kappa shape index (κ2) is 4.45. The lowest BCUT2D eigenvalue weighted by Crippen LogP contribution is -2.26. The van der Waals surface area contributed by atoms with Crippen molar-refractivity contribution in [2.24, 2.45) is 4.99 Å². The third kappa shape index (κ3) is 2.38. The zero-order valence-corrected chi connectivity index (χ0v) is 6.10. The van der Waals surface area contributed by atoms with Crippen LogP contribution < -0.4 is 6.15 Å². The Labute approximate surface area is 64.9 Å². The van der Waals surface area contributed by atoms with Crippen LogP contribution in [0.25, 0.3) is 0 Å². The predicted octanol–water partition coefficient (Wildman–Crippen LogP) is 0.130. The monoisotopic (exact) mass is 154 g/mol. The number of allylic oxidation sites excluding steroid dienone is 1. The number of hydrogen-bond acceptors (Lipinski definition) is 3. The van der Waals surface area contributed by atoms with Gasteiger partial charge in [0, 0.05) is 18.6 Å². The summed E-state index contributed by atoms with van der Waals surface area (Å²) < 4.78 is 4.45. The normalized spacial score (nSPS) is 14.1. The Hall–Kier alpha value is -1.36. The molecule has 1 aliphatic heterocycles. The van der Waals surface area contributed by atoms with Gasteiger partial charge in [-0.2, -0.15) is 0 Å². The van der Waals surface area contributed by atoms with Crippen LogP contribution in [0.3, 0.4) is 0 Å². The largest absolute Gasteiger partial charge is 0.452 e. The molecule has 0 aromatic heterocycles. The predicted molar refractivity (Wildman–Crippen MR) is 38.9 cm³/mol. The molecule has 0 fully saturated rings. The number of nitrogens with zero attached hydrogens (tertiary/aromatic N) is 3. The molecule has 59 valence electrons. The molecule has 1 heterocycles. The lowest BCUT2D eigenvalue weighted by Gasteiger charge is -2.15. The molecule has 0 unspecified atom stereocenters. The van der Waals surface area contributed by atoms with E-state index in [1.165, 1.54) is 12.0 Å². The average Bonchev–Trinajstić information content (AvgIpc) is 2.05. The van der Waals surface area contributed by atoms with Gasteiger partial charge in [-0.15, -0.1) is 0 Å². The molecule has 0 saturated carbocycles. The Kier molecular flexibility index (Phi) is 3.90. The van der Waals surface area contributed by atoms with Crippen molar-refractivity contribution in [3.63, 3.8) is 0 Å². The lowest BCUT2D eigenvalue weighted by atomic mass is 10.5. The second-order valence-corrected chi connectivity index (χ2v) is 1.75. The molecule has 0 N–H and O–H groups in total. The molecule has 1 rings (SSSR count). The van der Waals surface area contributed by atoms with Crippen LogP contribution in [0.15, 0.2) is 17.3 Å². The van der Waals surface area contributed by atoms with Gasteiger partial charge in [0.2, 0.25) is 0 Å². The molecule has 0 aromatic carbocycles. The molecule has 3 radical (unpaired) electrons. The third-order valence-electron chi connectivity index (χ3n) is 1.10. The first-order chi connectivity index (χ1) is 4.84. The van der Waals surface area contributed by atoms with Crippen molar-refractivity contribution in [3.8, 4) is 0 Å². The SMILES string of the molecule is COC(=O)N1C=CC=NC1.[N]. The molecule has 1 amide bonds. The fourth-order valence-electron chi connectivity index (χ4n) is 0.621. The number of hydrogen-bond donors (Lipinski definition) is 0. The van der Waals surface area contributed by atoms with Crippen LogP contribution in [0.1, 0.15) is 0 Å². The molecular weight excluding hydrogens is 146 g/mol. The van der Waals surface area contributed by atoms with Gasteiger partial charge in [-0.1, -0.05) is 0 Å². The van der Waals surface area contributed by atoms with E-state index in [9.17, 15) is 4.79 Å². The standard InChI is InChI=1S/C6H8N2O2.N/c1-10-6(9)8-4-2-3-7-5-8;/h2-4H,5H2,1H3;. The van der Waals surface area contributed by atoms with Crippen molar-refractivity contribution in [3.05, 3.63) is 12.3 Å². The summed E-state index contributed by atoms with van der Waals surface area (Å²) in [6.45, 7) is 0.350. The van der Waals surface area contributed by atoms with Gasteiger partial charge in [0.15, 0.2) is 0 Å². The maximum Gasteiger partial charge on any atom is 0.415 e. The van der Waals surface area contributed by atoms with Gasteiger partial charge >= 0.3 is 6.09 Å². The molecule has 5 nitrogen and oxygen atoms in total. The highest BCUT2D eigenvalue weighted by molar-refractivity contribution is 5.76. The molecule has 0 bridgehead atoms. The van der Waals surface area contributed by atoms with E-state index in [0.717, 1.165) is 0 Å². The van der Waals surface area contributed by atoms with Crippen LogP contribution in [0, 0.1) is 0 Å². The van der Waals surface area contributed by atoms with E-state index < -0.39 is 0 Å². The third-order valence-corrected chi connectivity index (χ3v) is 1.10. The summed E-state index contributed by atoms with van der Waals surface area (Å²) in [6, 6.07) is 0. The van der Waals surface area contributed by atoms with Crippen LogP contribution in [-0.2, 0) is 4.74 Å². The minimum Gasteiger partial charge on any atom is -0.452 e. The Balaban J connectivity index is 0.000001000. The number of aliphatic imine (C=N–C) groups is 1. The van der Waals surface area contributed by atoms with Crippen molar-refractivity contribution in [1.29, 1.82) is 0 Å². The summed E-state index contributed by atoms with van der Waals surface area (Å²) >= 11 is 0. The number of carbonyl (C=O) groups is 1. The molecule has 5 heteroatoms. The number of ether oxygens (including phenoxy) is 1. The summed E-state index contributed by atoms with van der Waals surface area (Å²) in [4.78, 5) is 16.0. The first-order valence-corrected chi connectivity index (χ1v) is 2.86. The molecule has 1 aliphatic rings. The number of rotatable bonds is 0. The molecule has 0 aromatic rings. The van der Waals surface area contributed by atoms with Crippen molar-refractivity contribution in [1.82, 2.24) is 11.1 Å². The van der Waals surface area contributed by atoms with E-state index >= 15 is 0 Å². The molecule has 0 aliphatic carbocycles. The van der Waals surface area contributed by atoms with E-state index in [1.54, 1.807) is 18.5 Å². The zero-order chi connectivity index (χ0) is 7.40. The first kappa shape index (κ1) is 9.64. The fraction of sp³-hybridized carbons (Fsp3) is 0.333. The summed E-state index contributed by atoms with van der Waals surface area (Å²) in [5.74, 6) is 0. The van der Waals surface area contributed by atoms with Gasteiger partial charge in [0.05, 0.1) is 7.11 Å². The second-order valence-electron chi connectivity index (χ2n) is 1.75. The number of methoxy groups -OCH3 is 1. The zero-order valence-electron chi connectivity index (χ0n) is 6.10. The van der Waals surface area contributed by atoms with Gasteiger partial charge in [0.25, 0.3) is 0 Å². The minimum absolute atomic E-state index is 0. The van der Waals surface area contributed by atoms with Crippen LogP contribution in [0.4, 0.5) is 4.79 Å². The highest BCUT2D eigenvalue weighted by atomic mass is 16.5. The van der Waals surface area contributed by atoms with Crippen LogP contribution in [0.5, 0.6) is 0 Å². The van der Waals surface area contributed by atoms with E-state index in [-0.39, 0.29) is 12.2 Å². The van der Waals surface area contributed by atoms with Gasteiger partial charge in [0.1, 0.15) is 6.67 Å². The molecule has 0 atom stereocenters. The summed E-state index contributed by atoms with van der Waals surface area (Å²) in [5.41, 5.74) is 0. The Bertz CT molecular complexity index is 188. The summed E-state index contributed by atoms with van der Waals surface area (Å²) in [6.07, 6.45) is 4.56. The van der Waals surface area contributed by atoms with E-state index in [4.69, 9.17) is 0 Å². The van der Waals surface area contributed by atoms with E-state index in [2.05, 4.69) is 9.73 Å². The molecule has 11 heavy (non-hydrogen) atoms. The fourth-order valence-corrected chi connectivity index (χ4v) is 0.621. The molecule has 0 saturated heterocycles. The Morgan fingerprint density at radius 3 is 2.91 bits per heavy atom. The topological polar surface area (TPSA) is 72.4 Å². The van der Waals surface area contributed by atoms with Gasteiger partial charge < -0.3 is 4.74 Å². The van der Waals surface area contributed by atoms with Crippen LogP contribution in [0.2, 0.25) is 0 Å². The number of amides is 1. The maximum atomic E-state index is 10.7. The highest BCUT2D eigenvalue weighted by Crippen LogP contribution is 1.97. The van der Waals surface area contributed by atoms with Gasteiger partial charge in [-0.3, -0.25) is 9.89 Å². The van der Waals surface area contributed by atoms with Crippen molar-refractivity contribution in [2.75, 3.05) is 13.8 Å². The van der Waals surface area contributed by atoms with Crippen molar-refractivity contribution >= 4 is 12.3 Å². The van der Waals surface area contributed by atoms with Gasteiger partial charge in [-0.05, 0) is 6.08 Å². The summed E-state index contributed by atoms with van der Waals surface area (Å²) in [5, 5.41) is 0. The average molecular weight is 154 g/mol. The maximum absolute atomic E-state index is 10.7. The molecule has 0 spiro atoms. The first-order valence-electron chi connectivity index (χ1n) is 2.86.